The largest absolute Gasteiger partial charge is 0.394 e. The lowest BCUT2D eigenvalue weighted by Crippen LogP contribution is -2.52. The number of halogens is 8. The molecule has 2 nitrogen and oxygen atoms in total. The van der Waals surface area contributed by atoms with Crippen molar-refractivity contribution < 1.29 is 40.2 Å². The van der Waals surface area contributed by atoms with Crippen molar-refractivity contribution in [2.45, 2.75) is 43.4 Å². The van der Waals surface area contributed by atoms with Gasteiger partial charge in [0.15, 0.2) is 0 Å². The maximum absolute atomic E-state index is 13.0. The van der Waals surface area contributed by atoms with E-state index in [2.05, 4.69) is 0 Å². The molecule has 108 valence electrons. The Hall–Kier alpha value is -0.640. The lowest BCUT2D eigenvalue weighted by molar-refractivity contribution is -0.303. The van der Waals surface area contributed by atoms with Gasteiger partial charge in [-0.15, -0.1) is 0 Å². The molecule has 1 unspecified atom stereocenters. The van der Waals surface area contributed by atoms with E-state index in [1.807, 2.05) is 0 Å². The SMILES string of the molecule is CCC(O)CN1C(F)(F)C(F)(F)C(F)(F)C1(F)F. The minimum atomic E-state index is -6.23. The molecular weight excluding hydrogens is 278 g/mol. The van der Waals surface area contributed by atoms with Crippen LogP contribution in [0, 0.1) is 0 Å². The third-order valence-electron chi connectivity index (χ3n) is 2.69. The second-order valence-electron chi connectivity index (χ2n) is 3.90. The van der Waals surface area contributed by atoms with E-state index in [4.69, 9.17) is 5.11 Å². The van der Waals surface area contributed by atoms with Gasteiger partial charge in [-0.25, -0.2) is 0 Å². The van der Waals surface area contributed by atoms with Crippen LogP contribution in [0.2, 0.25) is 0 Å². The van der Waals surface area contributed by atoms with E-state index in [1.54, 1.807) is 0 Å². The summed E-state index contributed by atoms with van der Waals surface area (Å²) in [5, 5.41) is 8.93. The Bertz CT molecular complexity index is 305. The van der Waals surface area contributed by atoms with Crippen molar-refractivity contribution >= 4 is 0 Å². The van der Waals surface area contributed by atoms with Crippen molar-refractivity contribution in [3.05, 3.63) is 0 Å². The molecule has 1 N–H and O–H groups in total. The minimum absolute atomic E-state index is 0.334. The molecule has 0 aliphatic carbocycles. The Kier molecular flexibility index (Phi) is 3.36. The van der Waals surface area contributed by atoms with Gasteiger partial charge < -0.3 is 5.11 Å². The number of aliphatic hydroxyl groups excluding tert-OH is 1. The lowest BCUT2D eigenvalue weighted by atomic mass is 10.2. The first kappa shape index (κ1) is 15.4. The molecule has 1 rings (SSSR count). The van der Waals surface area contributed by atoms with Gasteiger partial charge in [-0.1, -0.05) is 6.92 Å². The summed E-state index contributed by atoms with van der Waals surface area (Å²) in [5.74, 6) is -12.5. The van der Waals surface area contributed by atoms with Crippen LogP contribution in [0.4, 0.5) is 35.1 Å². The first-order chi connectivity index (χ1) is 7.84. The molecule has 1 aliphatic heterocycles. The Balaban J connectivity index is 3.25. The highest BCUT2D eigenvalue weighted by Gasteiger charge is 2.92. The van der Waals surface area contributed by atoms with Crippen molar-refractivity contribution in [3.63, 3.8) is 0 Å². The molecule has 18 heavy (non-hydrogen) atoms. The third-order valence-corrected chi connectivity index (χ3v) is 2.69. The standard InChI is InChI=1S/C8H9F8NO/c1-2-4(18)3-17-7(13,14)5(9,10)6(11,12)8(17,15)16/h4,18H,2-3H2,1H3. The van der Waals surface area contributed by atoms with Crippen LogP contribution in [0.25, 0.3) is 0 Å². The Morgan fingerprint density at radius 3 is 1.50 bits per heavy atom. The van der Waals surface area contributed by atoms with E-state index >= 15 is 0 Å². The van der Waals surface area contributed by atoms with E-state index < -0.39 is 41.5 Å². The second-order valence-corrected chi connectivity index (χ2v) is 3.90. The van der Waals surface area contributed by atoms with Crippen LogP contribution in [-0.4, -0.2) is 46.6 Å². The maximum Gasteiger partial charge on any atom is 0.394 e. The molecule has 1 heterocycles. The summed E-state index contributed by atoms with van der Waals surface area (Å²) < 4.78 is 103. The van der Waals surface area contributed by atoms with Crippen molar-refractivity contribution in [1.29, 1.82) is 0 Å². The minimum Gasteiger partial charge on any atom is -0.392 e. The van der Waals surface area contributed by atoms with E-state index in [-0.39, 0.29) is 6.42 Å². The fraction of sp³-hybridized carbons (Fsp3) is 1.00. The van der Waals surface area contributed by atoms with E-state index in [0.717, 1.165) is 0 Å². The van der Waals surface area contributed by atoms with E-state index in [9.17, 15) is 35.1 Å². The molecule has 0 amide bonds. The predicted molar refractivity (Wildman–Crippen MR) is 42.8 cm³/mol. The molecule has 0 aromatic carbocycles. The van der Waals surface area contributed by atoms with Gasteiger partial charge in [-0.05, 0) is 6.42 Å². The summed E-state index contributed by atoms with van der Waals surface area (Å²) in [5.41, 5.74) is 0. The van der Waals surface area contributed by atoms with Crippen LogP contribution in [0.5, 0.6) is 0 Å². The lowest BCUT2D eigenvalue weighted by Gasteiger charge is -2.29. The Morgan fingerprint density at radius 1 is 0.889 bits per heavy atom. The summed E-state index contributed by atoms with van der Waals surface area (Å²) >= 11 is 0. The highest BCUT2D eigenvalue weighted by molar-refractivity contribution is 5.12. The van der Waals surface area contributed by atoms with E-state index in [0.29, 0.717) is 0 Å². The first-order valence-electron chi connectivity index (χ1n) is 4.81. The summed E-state index contributed by atoms with van der Waals surface area (Å²) in [6, 6.07) is -11.5. The van der Waals surface area contributed by atoms with Gasteiger partial charge in [-0.2, -0.15) is 40.0 Å². The van der Waals surface area contributed by atoms with Gasteiger partial charge in [0.1, 0.15) is 0 Å². The fourth-order valence-electron chi connectivity index (χ4n) is 1.46. The molecule has 0 aromatic heterocycles. The van der Waals surface area contributed by atoms with Crippen molar-refractivity contribution in [2.24, 2.45) is 0 Å². The monoisotopic (exact) mass is 287 g/mol. The summed E-state index contributed by atoms with van der Waals surface area (Å²) in [6.45, 7) is -0.505. The number of β-amino-alcohol motifs (C(OH)–C–C–N with tert-alkyl or cyclic N) is 1. The molecule has 0 bridgehead atoms. The van der Waals surface area contributed by atoms with Crippen LogP contribution >= 0.6 is 0 Å². The van der Waals surface area contributed by atoms with E-state index in [1.165, 1.54) is 6.92 Å². The third kappa shape index (κ3) is 1.61. The number of hydrogen-bond acceptors (Lipinski definition) is 2. The molecule has 10 heteroatoms. The molecule has 0 spiro atoms. The molecule has 1 saturated heterocycles. The molecule has 1 fully saturated rings. The molecule has 0 saturated carbocycles. The number of rotatable bonds is 3. The first-order valence-corrected chi connectivity index (χ1v) is 4.81. The number of alkyl halides is 8. The van der Waals surface area contributed by atoms with Crippen molar-refractivity contribution in [3.8, 4) is 0 Å². The summed E-state index contributed by atoms with van der Waals surface area (Å²) in [4.78, 5) is -1.64. The van der Waals surface area contributed by atoms with Crippen LogP contribution < -0.4 is 0 Å². The molecular formula is C8H9F8NO. The average Bonchev–Trinajstić information content (AvgIpc) is 2.28. The van der Waals surface area contributed by atoms with Crippen LogP contribution in [0.1, 0.15) is 13.3 Å². The summed E-state index contributed by atoms with van der Waals surface area (Å²) in [6.07, 6.45) is -2.19. The summed E-state index contributed by atoms with van der Waals surface area (Å²) in [7, 11) is 0. The molecule has 0 aromatic rings. The highest BCUT2D eigenvalue weighted by Crippen LogP contribution is 2.62. The topological polar surface area (TPSA) is 23.5 Å². The number of aliphatic hydroxyl groups is 1. The highest BCUT2D eigenvalue weighted by atomic mass is 19.4. The normalized spacial score (nSPS) is 30.3. The Morgan fingerprint density at radius 2 is 1.22 bits per heavy atom. The smallest absolute Gasteiger partial charge is 0.392 e. The predicted octanol–water partition coefficient (Wildman–Crippen LogP) is 2.53. The number of nitrogens with zero attached hydrogens (tertiary/aromatic N) is 1. The number of likely N-dealkylation sites (tertiary alicyclic amines) is 1. The second kappa shape index (κ2) is 3.92. The molecule has 1 aliphatic rings. The van der Waals surface area contributed by atoms with Gasteiger partial charge in [0.2, 0.25) is 0 Å². The average molecular weight is 287 g/mol. The Labute approximate surface area is 96.2 Å². The van der Waals surface area contributed by atoms with Gasteiger partial charge >= 0.3 is 23.9 Å². The van der Waals surface area contributed by atoms with Gasteiger partial charge in [0, 0.05) is 6.54 Å². The molecule has 0 radical (unpaired) electrons. The van der Waals surface area contributed by atoms with Crippen LogP contribution in [-0.2, 0) is 0 Å². The number of hydrogen-bond donors (Lipinski definition) is 1. The van der Waals surface area contributed by atoms with Crippen molar-refractivity contribution in [1.82, 2.24) is 4.90 Å². The zero-order valence-electron chi connectivity index (χ0n) is 8.91. The van der Waals surface area contributed by atoms with Crippen molar-refractivity contribution in [2.75, 3.05) is 6.54 Å². The maximum atomic E-state index is 13.0. The zero-order valence-corrected chi connectivity index (χ0v) is 8.91. The van der Waals surface area contributed by atoms with Gasteiger partial charge in [0.05, 0.1) is 6.10 Å². The van der Waals surface area contributed by atoms with Gasteiger partial charge in [-0.3, -0.25) is 0 Å². The van der Waals surface area contributed by atoms with Crippen LogP contribution in [0.15, 0.2) is 0 Å². The fourth-order valence-corrected chi connectivity index (χ4v) is 1.46. The van der Waals surface area contributed by atoms with Gasteiger partial charge in [0.25, 0.3) is 0 Å². The quantitative estimate of drug-likeness (QED) is 0.637. The molecule has 1 atom stereocenters. The van der Waals surface area contributed by atoms with Crippen LogP contribution in [0.3, 0.4) is 0 Å². The zero-order chi connectivity index (χ0) is 14.6.